The summed E-state index contributed by atoms with van der Waals surface area (Å²) in [7, 11) is 0. The molecule has 0 spiro atoms. The van der Waals surface area contributed by atoms with Crippen LogP contribution in [-0.2, 0) is 6.54 Å². The maximum atomic E-state index is 5.97. The molecule has 1 atom stereocenters. The molecule has 0 aliphatic carbocycles. The van der Waals surface area contributed by atoms with E-state index in [4.69, 9.17) is 11.6 Å². The Morgan fingerprint density at radius 1 is 1.28 bits per heavy atom. The van der Waals surface area contributed by atoms with Crippen LogP contribution in [0.2, 0.25) is 5.02 Å². The van der Waals surface area contributed by atoms with E-state index in [-0.39, 0.29) is 0 Å². The van der Waals surface area contributed by atoms with Crippen LogP contribution >= 0.6 is 11.6 Å². The summed E-state index contributed by atoms with van der Waals surface area (Å²) in [4.78, 5) is 2.59. The quantitative estimate of drug-likeness (QED) is 0.880. The fraction of sp³-hybridized carbons (Fsp3) is 0.600. The molecule has 1 saturated heterocycles. The largest absolute Gasteiger partial charge is 0.311 e. The van der Waals surface area contributed by atoms with Gasteiger partial charge in [0, 0.05) is 24.2 Å². The normalized spacial score (nSPS) is 18.8. The molecule has 1 aliphatic heterocycles. The van der Waals surface area contributed by atoms with Crippen LogP contribution in [0.15, 0.2) is 24.3 Å². The van der Waals surface area contributed by atoms with E-state index in [1.165, 1.54) is 37.9 Å². The van der Waals surface area contributed by atoms with Crippen LogP contribution in [0.4, 0.5) is 0 Å². The molecule has 0 bridgehead atoms. The zero-order valence-electron chi connectivity index (χ0n) is 11.2. The molecule has 2 nitrogen and oxygen atoms in total. The van der Waals surface area contributed by atoms with E-state index in [0.29, 0.717) is 6.04 Å². The van der Waals surface area contributed by atoms with Crippen LogP contribution < -0.4 is 5.32 Å². The van der Waals surface area contributed by atoms with Crippen molar-refractivity contribution in [2.75, 3.05) is 19.6 Å². The first kappa shape index (κ1) is 13.9. The van der Waals surface area contributed by atoms with E-state index in [1.807, 2.05) is 18.2 Å². The SMILES string of the molecule is CC(CNCc1cccc(Cl)c1)N1CCCCC1. The van der Waals surface area contributed by atoms with Crippen molar-refractivity contribution in [3.63, 3.8) is 0 Å². The first-order chi connectivity index (χ1) is 8.75. The molecule has 0 radical (unpaired) electrons. The standard InChI is InChI=1S/C15H23ClN2/c1-13(18-8-3-2-4-9-18)11-17-12-14-6-5-7-15(16)10-14/h5-7,10,13,17H,2-4,8-9,11-12H2,1H3. The van der Waals surface area contributed by atoms with Gasteiger partial charge in [0.05, 0.1) is 0 Å². The van der Waals surface area contributed by atoms with Crippen molar-refractivity contribution in [1.82, 2.24) is 10.2 Å². The summed E-state index contributed by atoms with van der Waals surface area (Å²) in [5.41, 5.74) is 1.26. The zero-order chi connectivity index (χ0) is 12.8. The molecule has 1 aromatic rings. The Kier molecular flexibility index (Phi) is 5.48. The van der Waals surface area contributed by atoms with Crippen LogP contribution in [0.5, 0.6) is 0 Å². The lowest BCUT2D eigenvalue weighted by Gasteiger charge is -2.32. The lowest BCUT2D eigenvalue weighted by Crippen LogP contribution is -2.42. The van der Waals surface area contributed by atoms with E-state index in [0.717, 1.165) is 18.1 Å². The van der Waals surface area contributed by atoms with Crippen molar-refractivity contribution >= 4 is 11.6 Å². The van der Waals surface area contributed by atoms with Crippen LogP contribution in [0.1, 0.15) is 31.7 Å². The van der Waals surface area contributed by atoms with Gasteiger partial charge in [0.25, 0.3) is 0 Å². The maximum absolute atomic E-state index is 5.97. The average Bonchev–Trinajstić information content (AvgIpc) is 2.40. The molecule has 1 heterocycles. The number of rotatable bonds is 5. The number of benzene rings is 1. The van der Waals surface area contributed by atoms with E-state index in [9.17, 15) is 0 Å². The number of halogens is 1. The van der Waals surface area contributed by atoms with Crippen LogP contribution in [0, 0.1) is 0 Å². The summed E-state index contributed by atoms with van der Waals surface area (Å²) in [6.07, 6.45) is 4.12. The molecule has 0 amide bonds. The van der Waals surface area contributed by atoms with Crippen LogP contribution in [0.25, 0.3) is 0 Å². The molecule has 3 heteroatoms. The molecule has 1 fully saturated rings. The van der Waals surface area contributed by atoms with Gasteiger partial charge in [0.15, 0.2) is 0 Å². The first-order valence-corrected chi connectivity index (χ1v) is 7.33. The topological polar surface area (TPSA) is 15.3 Å². The number of piperidine rings is 1. The van der Waals surface area contributed by atoms with Crippen molar-refractivity contribution in [1.29, 1.82) is 0 Å². The molecule has 1 unspecified atom stereocenters. The Morgan fingerprint density at radius 2 is 2.06 bits per heavy atom. The molecular formula is C15H23ClN2. The van der Waals surface area contributed by atoms with Crippen LogP contribution in [0.3, 0.4) is 0 Å². The van der Waals surface area contributed by atoms with E-state index >= 15 is 0 Å². The fourth-order valence-corrected chi connectivity index (χ4v) is 2.77. The van der Waals surface area contributed by atoms with Gasteiger partial charge in [-0.05, 0) is 50.6 Å². The summed E-state index contributed by atoms with van der Waals surface area (Å²) >= 11 is 5.97. The summed E-state index contributed by atoms with van der Waals surface area (Å²) in [5.74, 6) is 0. The summed E-state index contributed by atoms with van der Waals surface area (Å²) in [5, 5.41) is 4.34. The minimum atomic E-state index is 0.629. The molecule has 1 N–H and O–H groups in total. The highest BCUT2D eigenvalue weighted by Gasteiger charge is 2.15. The lowest BCUT2D eigenvalue weighted by atomic mass is 10.1. The van der Waals surface area contributed by atoms with Crippen molar-refractivity contribution < 1.29 is 0 Å². The number of likely N-dealkylation sites (tertiary alicyclic amines) is 1. The van der Waals surface area contributed by atoms with Crippen molar-refractivity contribution in [3.05, 3.63) is 34.9 Å². The Balaban J connectivity index is 1.71. The average molecular weight is 267 g/mol. The second-order valence-electron chi connectivity index (χ2n) is 5.21. The monoisotopic (exact) mass is 266 g/mol. The van der Waals surface area contributed by atoms with Gasteiger partial charge in [-0.25, -0.2) is 0 Å². The van der Waals surface area contributed by atoms with Gasteiger partial charge >= 0.3 is 0 Å². The van der Waals surface area contributed by atoms with Gasteiger partial charge in [0.1, 0.15) is 0 Å². The highest BCUT2D eigenvalue weighted by atomic mass is 35.5. The van der Waals surface area contributed by atoms with E-state index in [1.54, 1.807) is 0 Å². The van der Waals surface area contributed by atoms with E-state index < -0.39 is 0 Å². The molecule has 0 aromatic heterocycles. The van der Waals surface area contributed by atoms with Gasteiger partial charge in [-0.3, -0.25) is 4.90 Å². The Bertz CT molecular complexity index is 361. The number of nitrogens with zero attached hydrogens (tertiary/aromatic N) is 1. The molecular weight excluding hydrogens is 244 g/mol. The lowest BCUT2D eigenvalue weighted by molar-refractivity contribution is 0.170. The van der Waals surface area contributed by atoms with E-state index in [2.05, 4.69) is 23.2 Å². The first-order valence-electron chi connectivity index (χ1n) is 6.95. The number of hydrogen-bond acceptors (Lipinski definition) is 2. The third-order valence-corrected chi connectivity index (χ3v) is 3.91. The molecule has 18 heavy (non-hydrogen) atoms. The summed E-state index contributed by atoms with van der Waals surface area (Å²) in [6, 6.07) is 8.70. The van der Waals surface area contributed by atoms with Gasteiger partial charge < -0.3 is 5.32 Å². The highest BCUT2D eigenvalue weighted by Crippen LogP contribution is 2.12. The molecule has 2 rings (SSSR count). The fourth-order valence-electron chi connectivity index (χ4n) is 2.56. The third kappa shape index (κ3) is 4.27. The van der Waals surface area contributed by atoms with Gasteiger partial charge in [-0.15, -0.1) is 0 Å². The Hall–Kier alpha value is -0.570. The molecule has 0 saturated carbocycles. The predicted molar refractivity (Wildman–Crippen MR) is 78.0 cm³/mol. The highest BCUT2D eigenvalue weighted by molar-refractivity contribution is 6.30. The Labute approximate surface area is 115 Å². The second kappa shape index (κ2) is 7.13. The van der Waals surface area contributed by atoms with Gasteiger partial charge in [-0.1, -0.05) is 30.2 Å². The number of nitrogens with one attached hydrogen (secondary N) is 1. The summed E-state index contributed by atoms with van der Waals surface area (Å²) < 4.78 is 0. The minimum absolute atomic E-state index is 0.629. The van der Waals surface area contributed by atoms with Crippen molar-refractivity contribution in [3.8, 4) is 0 Å². The third-order valence-electron chi connectivity index (χ3n) is 3.67. The van der Waals surface area contributed by atoms with Crippen molar-refractivity contribution in [2.45, 2.75) is 38.8 Å². The zero-order valence-corrected chi connectivity index (χ0v) is 11.9. The Morgan fingerprint density at radius 3 is 2.78 bits per heavy atom. The van der Waals surface area contributed by atoms with Gasteiger partial charge in [0.2, 0.25) is 0 Å². The minimum Gasteiger partial charge on any atom is -0.311 e. The maximum Gasteiger partial charge on any atom is 0.0409 e. The predicted octanol–water partition coefficient (Wildman–Crippen LogP) is 3.30. The molecule has 1 aromatic carbocycles. The second-order valence-corrected chi connectivity index (χ2v) is 5.64. The smallest absolute Gasteiger partial charge is 0.0409 e. The van der Waals surface area contributed by atoms with Crippen LogP contribution in [-0.4, -0.2) is 30.6 Å². The molecule has 100 valence electrons. The summed E-state index contributed by atoms with van der Waals surface area (Å²) in [6.45, 7) is 6.79. The van der Waals surface area contributed by atoms with Gasteiger partial charge in [-0.2, -0.15) is 0 Å². The molecule has 1 aliphatic rings. The van der Waals surface area contributed by atoms with Crippen molar-refractivity contribution in [2.24, 2.45) is 0 Å². The number of hydrogen-bond donors (Lipinski definition) is 1.